The first-order chi connectivity index (χ1) is 4.51. The minimum absolute atomic E-state index is 0.0622. The van der Waals surface area contributed by atoms with Crippen molar-refractivity contribution in [3.8, 4) is 0 Å². The van der Waals surface area contributed by atoms with Crippen LogP contribution in [-0.4, -0.2) is 23.8 Å². The number of hydrogen-bond donors (Lipinski definition) is 1. The van der Waals surface area contributed by atoms with Gasteiger partial charge in [0.15, 0.2) is 6.10 Å². The molecule has 3 heteroatoms. The van der Waals surface area contributed by atoms with E-state index in [0.29, 0.717) is 13.0 Å². The lowest BCUT2D eigenvalue weighted by Crippen LogP contribution is -2.39. The van der Waals surface area contributed by atoms with Crippen LogP contribution in [0.2, 0.25) is 0 Å². The molecule has 1 rings (SSSR count). The van der Waals surface area contributed by atoms with Crippen LogP contribution in [0, 0.1) is 5.41 Å². The first-order valence-corrected chi connectivity index (χ1v) is 3.36. The first-order valence-electron chi connectivity index (χ1n) is 3.36. The maximum atomic E-state index is 10.6. The number of aliphatic hydroxyl groups is 1. The van der Waals surface area contributed by atoms with Crippen LogP contribution < -0.4 is 0 Å². The van der Waals surface area contributed by atoms with E-state index in [0.717, 1.165) is 0 Å². The predicted molar refractivity (Wildman–Crippen MR) is 35.4 cm³/mol. The van der Waals surface area contributed by atoms with Gasteiger partial charge in [0.2, 0.25) is 0 Å². The summed E-state index contributed by atoms with van der Waals surface area (Å²) >= 11 is 0. The monoisotopic (exact) mass is 144 g/mol. The van der Waals surface area contributed by atoms with Gasteiger partial charge in [0.25, 0.3) is 0 Å². The molecule has 1 unspecified atom stereocenters. The van der Waals surface area contributed by atoms with Gasteiger partial charge in [0.1, 0.15) is 0 Å². The summed E-state index contributed by atoms with van der Waals surface area (Å²) < 4.78 is 4.72. The fourth-order valence-electron chi connectivity index (χ4n) is 1.03. The molecule has 1 atom stereocenters. The number of hydrogen-bond acceptors (Lipinski definition) is 3. The molecule has 0 aromatic heterocycles. The Labute approximate surface area is 60.0 Å². The van der Waals surface area contributed by atoms with E-state index < -0.39 is 12.1 Å². The van der Waals surface area contributed by atoms with Gasteiger partial charge in [-0.2, -0.15) is 0 Å². The van der Waals surface area contributed by atoms with Gasteiger partial charge in [0, 0.05) is 5.41 Å². The number of ether oxygens (including phenoxy) is 1. The number of rotatable bonds is 0. The molecular formula is C7H12O3. The summed E-state index contributed by atoms with van der Waals surface area (Å²) in [6.07, 6.45) is -0.407. The van der Waals surface area contributed by atoms with E-state index in [-0.39, 0.29) is 5.41 Å². The highest BCUT2D eigenvalue weighted by molar-refractivity contribution is 5.75. The van der Waals surface area contributed by atoms with Gasteiger partial charge in [-0.05, 0) is 6.42 Å². The van der Waals surface area contributed by atoms with E-state index in [4.69, 9.17) is 9.84 Å². The number of cyclic esters (lactones) is 1. The molecule has 0 spiro atoms. The second-order valence-corrected chi connectivity index (χ2v) is 3.49. The number of esters is 1. The largest absolute Gasteiger partial charge is 0.463 e. The molecular weight excluding hydrogens is 132 g/mol. The van der Waals surface area contributed by atoms with Gasteiger partial charge in [-0.3, -0.25) is 0 Å². The number of carbonyl (C=O) groups is 1. The highest BCUT2D eigenvalue weighted by atomic mass is 16.5. The van der Waals surface area contributed by atoms with Crippen LogP contribution in [0.15, 0.2) is 0 Å². The van der Waals surface area contributed by atoms with Crippen molar-refractivity contribution in [1.29, 1.82) is 0 Å². The maximum absolute atomic E-state index is 10.6. The second-order valence-electron chi connectivity index (χ2n) is 3.49. The van der Waals surface area contributed by atoms with Crippen molar-refractivity contribution in [1.82, 2.24) is 0 Å². The van der Waals surface area contributed by atoms with Crippen molar-refractivity contribution in [2.75, 3.05) is 6.61 Å². The van der Waals surface area contributed by atoms with Crippen molar-refractivity contribution in [3.63, 3.8) is 0 Å². The molecule has 0 saturated carbocycles. The molecule has 1 aliphatic rings. The van der Waals surface area contributed by atoms with Crippen LogP contribution in [0.5, 0.6) is 0 Å². The molecule has 1 fully saturated rings. The Bertz CT molecular complexity index is 151. The molecule has 3 nitrogen and oxygen atoms in total. The van der Waals surface area contributed by atoms with Gasteiger partial charge in [0.05, 0.1) is 6.61 Å². The first kappa shape index (κ1) is 7.54. The highest BCUT2D eigenvalue weighted by Gasteiger charge is 2.33. The van der Waals surface area contributed by atoms with Crippen LogP contribution in [0.25, 0.3) is 0 Å². The normalized spacial score (nSPS) is 31.5. The third kappa shape index (κ3) is 1.48. The van der Waals surface area contributed by atoms with Crippen molar-refractivity contribution >= 4 is 5.97 Å². The summed E-state index contributed by atoms with van der Waals surface area (Å²) in [6, 6.07) is 0. The molecule has 1 saturated heterocycles. The van der Waals surface area contributed by atoms with Gasteiger partial charge < -0.3 is 9.84 Å². The standard InChI is InChI=1S/C7H12O3/c1-7(2)3-5(8)6(9)10-4-7/h5,8H,3-4H2,1-2H3. The summed E-state index contributed by atoms with van der Waals surface area (Å²) in [4.78, 5) is 10.6. The fraction of sp³-hybridized carbons (Fsp3) is 0.857. The minimum Gasteiger partial charge on any atom is -0.463 e. The summed E-state index contributed by atoms with van der Waals surface area (Å²) in [6.45, 7) is 4.34. The molecule has 0 radical (unpaired) electrons. The molecule has 10 heavy (non-hydrogen) atoms. The lowest BCUT2D eigenvalue weighted by atomic mass is 9.86. The average molecular weight is 144 g/mol. The smallest absolute Gasteiger partial charge is 0.334 e. The molecule has 0 aromatic carbocycles. The van der Waals surface area contributed by atoms with Crippen LogP contribution >= 0.6 is 0 Å². The predicted octanol–water partition coefficient (Wildman–Crippen LogP) is 0.320. The Morgan fingerprint density at radius 3 is 2.70 bits per heavy atom. The lowest BCUT2D eigenvalue weighted by molar-refractivity contribution is -0.167. The van der Waals surface area contributed by atoms with Crippen molar-refractivity contribution in [3.05, 3.63) is 0 Å². The Balaban J connectivity index is 2.57. The number of carbonyl (C=O) groups excluding carboxylic acids is 1. The topological polar surface area (TPSA) is 46.5 Å². The lowest BCUT2D eigenvalue weighted by Gasteiger charge is -2.31. The molecule has 1 aliphatic heterocycles. The van der Waals surface area contributed by atoms with Crippen LogP contribution in [-0.2, 0) is 9.53 Å². The molecule has 0 bridgehead atoms. The zero-order valence-corrected chi connectivity index (χ0v) is 6.26. The molecule has 1 N–H and O–H groups in total. The Kier molecular flexibility index (Phi) is 1.68. The quantitative estimate of drug-likeness (QED) is 0.498. The molecule has 0 aliphatic carbocycles. The summed E-state index contributed by atoms with van der Waals surface area (Å²) in [5.41, 5.74) is -0.0622. The second kappa shape index (κ2) is 2.23. The van der Waals surface area contributed by atoms with E-state index >= 15 is 0 Å². The highest BCUT2D eigenvalue weighted by Crippen LogP contribution is 2.27. The van der Waals surface area contributed by atoms with Gasteiger partial charge in [-0.15, -0.1) is 0 Å². The van der Waals surface area contributed by atoms with Crippen LogP contribution in [0.3, 0.4) is 0 Å². The van der Waals surface area contributed by atoms with E-state index in [1.165, 1.54) is 0 Å². The number of aliphatic hydroxyl groups excluding tert-OH is 1. The van der Waals surface area contributed by atoms with E-state index in [2.05, 4.69) is 0 Å². The molecule has 58 valence electrons. The van der Waals surface area contributed by atoms with Crippen molar-refractivity contribution in [2.45, 2.75) is 26.4 Å². The fourth-order valence-corrected chi connectivity index (χ4v) is 1.03. The van der Waals surface area contributed by atoms with Crippen molar-refractivity contribution < 1.29 is 14.6 Å². The molecule has 0 amide bonds. The van der Waals surface area contributed by atoms with Gasteiger partial charge in [-0.1, -0.05) is 13.8 Å². The van der Waals surface area contributed by atoms with E-state index in [9.17, 15) is 4.79 Å². The summed E-state index contributed by atoms with van der Waals surface area (Å²) in [5, 5.41) is 9.04. The summed E-state index contributed by atoms with van der Waals surface area (Å²) in [5.74, 6) is -0.487. The van der Waals surface area contributed by atoms with Crippen molar-refractivity contribution in [2.24, 2.45) is 5.41 Å². The Morgan fingerprint density at radius 1 is 1.70 bits per heavy atom. The average Bonchev–Trinajstić information content (AvgIpc) is 1.79. The van der Waals surface area contributed by atoms with Crippen LogP contribution in [0.4, 0.5) is 0 Å². The zero-order valence-electron chi connectivity index (χ0n) is 6.26. The molecule has 0 aromatic rings. The Morgan fingerprint density at radius 2 is 2.30 bits per heavy atom. The third-order valence-electron chi connectivity index (χ3n) is 1.62. The van der Waals surface area contributed by atoms with Crippen LogP contribution in [0.1, 0.15) is 20.3 Å². The zero-order chi connectivity index (χ0) is 7.78. The maximum Gasteiger partial charge on any atom is 0.334 e. The summed E-state index contributed by atoms with van der Waals surface area (Å²) in [7, 11) is 0. The van der Waals surface area contributed by atoms with E-state index in [1.807, 2.05) is 13.8 Å². The van der Waals surface area contributed by atoms with Gasteiger partial charge >= 0.3 is 5.97 Å². The molecule has 1 heterocycles. The Hall–Kier alpha value is -0.570. The van der Waals surface area contributed by atoms with E-state index in [1.54, 1.807) is 0 Å². The minimum atomic E-state index is -0.913. The van der Waals surface area contributed by atoms with Gasteiger partial charge in [-0.25, -0.2) is 4.79 Å². The third-order valence-corrected chi connectivity index (χ3v) is 1.62. The SMILES string of the molecule is CC1(C)COC(=O)C(O)C1.